The number of nitrogens with one attached hydrogen (secondary N) is 1. The van der Waals surface area contributed by atoms with Gasteiger partial charge in [-0.15, -0.1) is 0 Å². The lowest BCUT2D eigenvalue weighted by atomic mass is 10.1. The summed E-state index contributed by atoms with van der Waals surface area (Å²) in [4.78, 5) is 8.93. The van der Waals surface area contributed by atoms with Crippen LogP contribution in [0.3, 0.4) is 0 Å². The second-order valence-corrected chi connectivity index (χ2v) is 5.37. The van der Waals surface area contributed by atoms with Crippen LogP contribution in [0.4, 0.5) is 5.82 Å². The van der Waals surface area contributed by atoms with Gasteiger partial charge in [-0.2, -0.15) is 0 Å². The average molecular weight is 246 g/mol. The van der Waals surface area contributed by atoms with Crippen molar-refractivity contribution in [1.82, 2.24) is 15.0 Å². The molecule has 4 heteroatoms. The van der Waals surface area contributed by atoms with Crippen molar-refractivity contribution < 1.29 is 0 Å². The van der Waals surface area contributed by atoms with E-state index in [-0.39, 0.29) is 0 Å². The standard InChI is InChI=1S/C14H22N4/c1-3-7-12-13(8-4-1)15-11-16-14(12)17-18-9-5-2-6-10-18/h11H,1-10H2,(H,15,16,17). The minimum atomic E-state index is 1.06. The number of hydrazine groups is 1. The van der Waals surface area contributed by atoms with Crippen LogP contribution in [0.15, 0.2) is 6.33 Å². The summed E-state index contributed by atoms with van der Waals surface area (Å²) in [6, 6.07) is 0. The zero-order valence-electron chi connectivity index (χ0n) is 11.0. The lowest BCUT2D eigenvalue weighted by Gasteiger charge is -2.28. The van der Waals surface area contributed by atoms with Crippen LogP contribution in [-0.4, -0.2) is 28.1 Å². The molecule has 3 rings (SSSR count). The van der Waals surface area contributed by atoms with Crippen LogP contribution in [0.5, 0.6) is 0 Å². The van der Waals surface area contributed by atoms with Gasteiger partial charge >= 0.3 is 0 Å². The summed E-state index contributed by atoms with van der Waals surface area (Å²) in [6.07, 6.45) is 11.8. The lowest BCUT2D eigenvalue weighted by Crippen LogP contribution is -2.35. The van der Waals surface area contributed by atoms with Crippen molar-refractivity contribution in [2.24, 2.45) is 0 Å². The van der Waals surface area contributed by atoms with Crippen molar-refractivity contribution in [3.63, 3.8) is 0 Å². The fraction of sp³-hybridized carbons (Fsp3) is 0.714. The largest absolute Gasteiger partial charge is 0.303 e. The molecular weight excluding hydrogens is 224 g/mol. The summed E-state index contributed by atoms with van der Waals surface area (Å²) in [5.74, 6) is 1.06. The quantitative estimate of drug-likeness (QED) is 0.814. The smallest absolute Gasteiger partial charge is 0.147 e. The molecule has 1 saturated heterocycles. The highest BCUT2D eigenvalue weighted by atomic mass is 15.5. The van der Waals surface area contributed by atoms with Gasteiger partial charge in [0.05, 0.1) is 0 Å². The predicted octanol–water partition coefficient (Wildman–Crippen LogP) is 2.56. The first kappa shape index (κ1) is 11.9. The van der Waals surface area contributed by atoms with Crippen LogP contribution < -0.4 is 5.43 Å². The maximum atomic E-state index is 4.46. The molecule has 0 bridgehead atoms. The van der Waals surface area contributed by atoms with Crippen molar-refractivity contribution >= 4 is 5.82 Å². The summed E-state index contributed by atoms with van der Waals surface area (Å²) in [5.41, 5.74) is 6.15. The second kappa shape index (κ2) is 5.65. The number of nitrogens with zero attached hydrogens (tertiary/aromatic N) is 3. The van der Waals surface area contributed by atoms with E-state index >= 15 is 0 Å². The first-order valence-electron chi connectivity index (χ1n) is 7.28. The minimum Gasteiger partial charge on any atom is -0.303 e. The van der Waals surface area contributed by atoms with E-state index in [9.17, 15) is 0 Å². The molecule has 1 fully saturated rings. The fourth-order valence-electron chi connectivity index (χ4n) is 2.95. The molecule has 0 aromatic carbocycles. The molecule has 98 valence electrons. The van der Waals surface area contributed by atoms with E-state index in [1.165, 1.54) is 49.8 Å². The number of rotatable bonds is 2. The Labute approximate surface area is 109 Å². The molecule has 0 radical (unpaired) electrons. The van der Waals surface area contributed by atoms with E-state index in [0.29, 0.717) is 0 Å². The monoisotopic (exact) mass is 246 g/mol. The van der Waals surface area contributed by atoms with E-state index in [1.807, 2.05) is 0 Å². The fourth-order valence-corrected chi connectivity index (χ4v) is 2.95. The molecule has 1 N–H and O–H groups in total. The zero-order valence-corrected chi connectivity index (χ0v) is 11.0. The Morgan fingerprint density at radius 2 is 1.67 bits per heavy atom. The van der Waals surface area contributed by atoms with E-state index < -0.39 is 0 Å². The van der Waals surface area contributed by atoms with Crippen molar-refractivity contribution in [3.05, 3.63) is 17.6 Å². The second-order valence-electron chi connectivity index (χ2n) is 5.37. The summed E-state index contributed by atoms with van der Waals surface area (Å²) in [7, 11) is 0. The number of aryl methyl sites for hydroxylation is 1. The van der Waals surface area contributed by atoms with E-state index in [0.717, 1.165) is 31.7 Å². The van der Waals surface area contributed by atoms with Gasteiger partial charge in [-0.25, -0.2) is 15.0 Å². The molecule has 2 aliphatic rings. The van der Waals surface area contributed by atoms with E-state index in [2.05, 4.69) is 20.4 Å². The normalized spacial score (nSPS) is 21.1. The molecule has 0 unspecified atom stereocenters. The van der Waals surface area contributed by atoms with Gasteiger partial charge in [-0.1, -0.05) is 12.8 Å². The minimum absolute atomic E-state index is 1.06. The molecule has 0 saturated carbocycles. The first-order chi connectivity index (χ1) is 8.93. The average Bonchev–Trinajstić information content (AvgIpc) is 2.66. The summed E-state index contributed by atoms with van der Waals surface area (Å²) in [6.45, 7) is 2.28. The molecular formula is C14H22N4. The predicted molar refractivity (Wildman–Crippen MR) is 72.3 cm³/mol. The zero-order chi connectivity index (χ0) is 12.2. The summed E-state index contributed by atoms with van der Waals surface area (Å²) in [5, 5.41) is 2.32. The van der Waals surface area contributed by atoms with Crippen LogP contribution in [-0.2, 0) is 12.8 Å². The van der Waals surface area contributed by atoms with Gasteiger partial charge in [0.2, 0.25) is 0 Å². The Bertz CT molecular complexity index is 399. The molecule has 0 amide bonds. The van der Waals surface area contributed by atoms with Gasteiger partial charge in [0.1, 0.15) is 12.1 Å². The van der Waals surface area contributed by atoms with Gasteiger partial charge in [0, 0.05) is 24.3 Å². The maximum absolute atomic E-state index is 4.46. The maximum Gasteiger partial charge on any atom is 0.147 e. The number of aromatic nitrogens is 2. The third-order valence-corrected chi connectivity index (χ3v) is 4.00. The van der Waals surface area contributed by atoms with Crippen LogP contribution in [0.2, 0.25) is 0 Å². The summed E-state index contributed by atoms with van der Waals surface area (Å²) >= 11 is 0. The number of hydrogen-bond donors (Lipinski definition) is 1. The Balaban J connectivity index is 1.78. The molecule has 1 aromatic rings. The van der Waals surface area contributed by atoms with Crippen LogP contribution in [0.25, 0.3) is 0 Å². The number of anilines is 1. The Kier molecular flexibility index (Phi) is 3.74. The highest BCUT2D eigenvalue weighted by Crippen LogP contribution is 2.24. The molecule has 1 aromatic heterocycles. The van der Waals surface area contributed by atoms with Crippen LogP contribution >= 0.6 is 0 Å². The van der Waals surface area contributed by atoms with Crippen LogP contribution in [0.1, 0.15) is 49.8 Å². The topological polar surface area (TPSA) is 41.1 Å². The highest BCUT2D eigenvalue weighted by Gasteiger charge is 2.17. The van der Waals surface area contributed by atoms with Gasteiger partial charge in [0.15, 0.2) is 0 Å². The molecule has 0 atom stereocenters. The number of piperidine rings is 1. The molecule has 1 aliphatic heterocycles. The van der Waals surface area contributed by atoms with E-state index in [4.69, 9.17) is 0 Å². The third-order valence-electron chi connectivity index (χ3n) is 4.00. The van der Waals surface area contributed by atoms with Gasteiger partial charge < -0.3 is 5.43 Å². The van der Waals surface area contributed by atoms with Gasteiger partial charge in [-0.3, -0.25) is 0 Å². The van der Waals surface area contributed by atoms with E-state index in [1.54, 1.807) is 6.33 Å². The number of hydrogen-bond acceptors (Lipinski definition) is 4. The molecule has 2 heterocycles. The Hall–Kier alpha value is -1.16. The van der Waals surface area contributed by atoms with Crippen molar-refractivity contribution in [2.75, 3.05) is 18.5 Å². The lowest BCUT2D eigenvalue weighted by molar-refractivity contribution is 0.272. The number of fused-ring (bicyclic) bond motifs is 1. The van der Waals surface area contributed by atoms with Gasteiger partial charge in [0.25, 0.3) is 0 Å². The SMILES string of the molecule is c1nc2c(c(NN3CCCCC3)n1)CCCCC2. The molecule has 1 aliphatic carbocycles. The highest BCUT2D eigenvalue weighted by molar-refractivity contribution is 5.45. The molecule has 0 spiro atoms. The molecule has 4 nitrogen and oxygen atoms in total. The van der Waals surface area contributed by atoms with Crippen molar-refractivity contribution in [1.29, 1.82) is 0 Å². The van der Waals surface area contributed by atoms with Crippen molar-refractivity contribution in [3.8, 4) is 0 Å². The summed E-state index contributed by atoms with van der Waals surface area (Å²) < 4.78 is 0. The van der Waals surface area contributed by atoms with Gasteiger partial charge in [-0.05, 0) is 38.5 Å². The van der Waals surface area contributed by atoms with Crippen molar-refractivity contribution in [2.45, 2.75) is 51.4 Å². The first-order valence-corrected chi connectivity index (χ1v) is 7.28. The Morgan fingerprint density at radius 1 is 0.889 bits per heavy atom. The molecule has 18 heavy (non-hydrogen) atoms. The van der Waals surface area contributed by atoms with Crippen LogP contribution in [0, 0.1) is 0 Å². The Morgan fingerprint density at radius 3 is 2.56 bits per heavy atom. The third kappa shape index (κ3) is 2.64.